The lowest BCUT2D eigenvalue weighted by atomic mass is 10.2. The number of ether oxygens (including phenoxy) is 1. The summed E-state index contributed by atoms with van der Waals surface area (Å²) in [6, 6.07) is 8.72. The first-order chi connectivity index (χ1) is 11.7. The monoisotopic (exact) mass is 325 g/mol. The molecule has 0 aliphatic carbocycles. The molecule has 0 unspecified atom stereocenters. The SMILES string of the molecule is CCCCN1C(=O)COc2ccc(NC(=O)c3cccnc3)cc21. The number of hydrogen-bond donors (Lipinski definition) is 1. The summed E-state index contributed by atoms with van der Waals surface area (Å²) in [6.45, 7) is 2.78. The lowest BCUT2D eigenvalue weighted by molar-refractivity contribution is -0.121. The molecule has 0 saturated carbocycles. The molecule has 0 radical (unpaired) electrons. The number of nitrogens with one attached hydrogen (secondary N) is 1. The van der Waals surface area contributed by atoms with Crippen LogP contribution in [0.1, 0.15) is 30.1 Å². The molecule has 0 saturated heterocycles. The number of carbonyl (C=O) groups is 2. The molecule has 1 aromatic heterocycles. The van der Waals surface area contributed by atoms with Crippen LogP contribution in [0.15, 0.2) is 42.7 Å². The van der Waals surface area contributed by atoms with Gasteiger partial charge in [-0.3, -0.25) is 14.6 Å². The molecular weight excluding hydrogens is 306 g/mol. The molecule has 0 spiro atoms. The number of carbonyl (C=O) groups excluding carboxylic acids is 2. The second kappa shape index (κ2) is 7.12. The smallest absolute Gasteiger partial charge is 0.265 e. The van der Waals surface area contributed by atoms with Crippen molar-refractivity contribution in [2.75, 3.05) is 23.4 Å². The van der Waals surface area contributed by atoms with Crippen LogP contribution in [-0.4, -0.2) is 29.9 Å². The van der Waals surface area contributed by atoms with Crippen LogP contribution >= 0.6 is 0 Å². The molecule has 24 heavy (non-hydrogen) atoms. The highest BCUT2D eigenvalue weighted by Crippen LogP contribution is 2.34. The maximum atomic E-state index is 12.2. The van der Waals surface area contributed by atoms with Crippen LogP contribution in [0.25, 0.3) is 0 Å². The largest absolute Gasteiger partial charge is 0.482 e. The maximum Gasteiger partial charge on any atom is 0.265 e. The molecule has 1 aliphatic heterocycles. The molecule has 1 aromatic carbocycles. The summed E-state index contributed by atoms with van der Waals surface area (Å²) in [5.74, 6) is 0.350. The van der Waals surface area contributed by atoms with Gasteiger partial charge in [-0.15, -0.1) is 0 Å². The third kappa shape index (κ3) is 3.37. The van der Waals surface area contributed by atoms with Gasteiger partial charge in [-0.25, -0.2) is 0 Å². The first kappa shape index (κ1) is 16.0. The van der Waals surface area contributed by atoms with E-state index in [1.165, 1.54) is 6.20 Å². The third-order valence-electron chi connectivity index (χ3n) is 3.82. The number of hydrogen-bond acceptors (Lipinski definition) is 4. The van der Waals surface area contributed by atoms with Crippen LogP contribution in [-0.2, 0) is 4.79 Å². The molecule has 1 aliphatic rings. The van der Waals surface area contributed by atoms with Gasteiger partial charge in [0.2, 0.25) is 0 Å². The molecule has 2 aromatic rings. The van der Waals surface area contributed by atoms with Gasteiger partial charge < -0.3 is 15.0 Å². The van der Waals surface area contributed by atoms with Crippen molar-refractivity contribution in [3.63, 3.8) is 0 Å². The van der Waals surface area contributed by atoms with E-state index in [4.69, 9.17) is 4.74 Å². The number of nitrogens with zero attached hydrogens (tertiary/aromatic N) is 2. The van der Waals surface area contributed by atoms with Crippen molar-refractivity contribution in [2.45, 2.75) is 19.8 Å². The summed E-state index contributed by atoms with van der Waals surface area (Å²) < 4.78 is 5.48. The number of amides is 2. The molecule has 2 heterocycles. The first-order valence-corrected chi connectivity index (χ1v) is 7.97. The quantitative estimate of drug-likeness (QED) is 0.917. The fourth-order valence-electron chi connectivity index (χ4n) is 2.54. The zero-order valence-electron chi connectivity index (χ0n) is 13.5. The second-order valence-corrected chi connectivity index (χ2v) is 5.57. The number of benzene rings is 1. The van der Waals surface area contributed by atoms with Crippen molar-refractivity contribution >= 4 is 23.2 Å². The highest BCUT2D eigenvalue weighted by molar-refractivity contribution is 6.05. The van der Waals surface area contributed by atoms with Crippen molar-refractivity contribution < 1.29 is 14.3 Å². The van der Waals surface area contributed by atoms with Gasteiger partial charge in [-0.05, 0) is 36.8 Å². The van der Waals surface area contributed by atoms with Gasteiger partial charge >= 0.3 is 0 Å². The van der Waals surface area contributed by atoms with E-state index in [-0.39, 0.29) is 18.4 Å². The number of pyridine rings is 1. The topological polar surface area (TPSA) is 71.5 Å². The van der Waals surface area contributed by atoms with Crippen LogP contribution in [0.5, 0.6) is 5.75 Å². The van der Waals surface area contributed by atoms with E-state index < -0.39 is 0 Å². The second-order valence-electron chi connectivity index (χ2n) is 5.57. The van der Waals surface area contributed by atoms with Crippen molar-refractivity contribution in [1.82, 2.24) is 4.98 Å². The van der Waals surface area contributed by atoms with Crippen LogP contribution < -0.4 is 15.0 Å². The van der Waals surface area contributed by atoms with Gasteiger partial charge in [-0.2, -0.15) is 0 Å². The molecule has 2 amide bonds. The zero-order valence-corrected chi connectivity index (χ0v) is 13.5. The van der Waals surface area contributed by atoms with E-state index >= 15 is 0 Å². The summed E-state index contributed by atoms with van der Waals surface area (Å²) in [4.78, 5) is 30.0. The Morgan fingerprint density at radius 1 is 1.38 bits per heavy atom. The molecule has 0 bridgehead atoms. The minimum atomic E-state index is -0.244. The molecular formula is C18H19N3O3. The van der Waals surface area contributed by atoms with Crippen molar-refractivity contribution in [3.05, 3.63) is 48.3 Å². The Morgan fingerprint density at radius 2 is 2.25 bits per heavy atom. The summed E-state index contributed by atoms with van der Waals surface area (Å²) in [5.41, 5.74) is 1.79. The number of unbranched alkanes of at least 4 members (excludes halogenated alkanes) is 1. The van der Waals surface area contributed by atoms with Crippen LogP contribution in [0.4, 0.5) is 11.4 Å². The van der Waals surface area contributed by atoms with E-state index in [0.717, 1.165) is 12.8 Å². The molecule has 6 heteroatoms. The first-order valence-electron chi connectivity index (χ1n) is 7.97. The lowest BCUT2D eigenvalue weighted by Gasteiger charge is -2.29. The number of aromatic nitrogens is 1. The highest BCUT2D eigenvalue weighted by Gasteiger charge is 2.25. The lowest BCUT2D eigenvalue weighted by Crippen LogP contribution is -2.39. The minimum absolute atomic E-state index is 0.0537. The third-order valence-corrected chi connectivity index (χ3v) is 3.82. The molecule has 1 N–H and O–H groups in total. The zero-order chi connectivity index (χ0) is 16.9. The van der Waals surface area contributed by atoms with Gasteiger partial charge in [0.25, 0.3) is 11.8 Å². The Hall–Kier alpha value is -2.89. The molecule has 0 fully saturated rings. The predicted octanol–water partition coefficient (Wildman–Crippen LogP) is 2.86. The summed E-state index contributed by atoms with van der Waals surface area (Å²) in [7, 11) is 0. The predicted molar refractivity (Wildman–Crippen MR) is 91.4 cm³/mol. The molecule has 6 nitrogen and oxygen atoms in total. The standard InChI is InChI=1S/C18H19N3O3/c1-2-3-9-21-15-10-14(6-7-16(15)24-12-17(21)22)20-18(23)13-5-4-8-19-11-13/h4-8,10-11H,2-3,9,12H2,1H3,(H,20,23). The van der Waals surface area contributed by atoms with Crippen molar-refractivity contribution in [3.8, 4) is 5.75 Å². The Labute approximate surface area is 140 Å². The Balaban J connectivity index is 1.83. The summed E-state index contributed by atoms with van der Waals surface area (Å²) in [5, 5.41) is 2.83. The van der Waals surface area contributed by atoms with E-state index in [1.807, 2.05) is 0 Å². The van der Waals surface area contributed by atoms with Crippen LogP contribution in [0.3, 0.4) is 0 Å². The normalized spacial score (nSPS) is 13.2. The molecule has 3 rings (SSSR count). The fourth-order valence-corrected chi connectivity index (χ4v) is 2.54. The van der Waals surface area contributed by atoms with Crippen LogP contribution in [0, 0.1) is 0 Å². The van der Waals surface area contributed by atoms with E-state index in [0.29, 0.717) is 29.2 Å². The average molecular weight is 325 g/mol. The summed E-state index contributed by atoms with van der Waals surface area (Å²) in [6.07, 6.45) is 5.03. The van der Waals surface area contributed by atoms with Gasteiger partial charge in [-0.1, -0.05) is 13.3 Å². The Kier molecular flexibility index (Phi) is 4.74. The number of fused-ring (bicyclic) bond motifs is 1. The maximum absolute atomic E-state index is 12.2. The fraction of sp³-hybridized carbons (Fsp3) is 0.278. The van der Waals surface area contributed by atoms with E-state index in [2.05, 4.69) is 17.2 Å². The van der Waals surface area contributed by atoms with E-state index in [9.17, 15) is 9.59 Å². The Bertz CT molecular complexity index is 746. The average Bonchev–Trinajstić information content (AvgIpc) is 2.61. The van der Waals surface area contributed by atoms with Crippen LogP contribution in [0.2, 0.25) is 0 Å². The van der Waals surface area contributed by atoms with Gasteiger partial charge in [0.15, 0.2) is 6.61 Å². The van der Waals surface area contributed by atoms with Crippen molar-refractivity contribution in [1.29, 1.82) is 0 Å². The number of rotatable bonds is 5. The van der Waals surface area contributed by atoms with Gasteiger partial charge in [0.05, 0.1) is 11.3 Å². The highest BCUT2D eigenvalue weighted by atomic mass is 16.5. The minimum Gasteiger partial charge on any atom is -0.482 e. The van der Waals surface area contributed by atoms with Crippen molar-refractivity contribution in [2.24, 2.45) is 0 Å². The number of anilines is 2. The molecule has 0 atom stereocenters. The van der Waals surface area contributed by atoms with Gasteiger partial charge in [0.1, 0.15) is 5.75 Å². The van der Waals surface area contributed by atoms with E-state index in [1.54, 1.807) is 41.4 Å². The summed E-state index contributed by atoms with van der Waals surface area (Å²) >= 11 is 0. The Morgan fingerprint density at radius 3 is 3.00 bits per heavy atom. The molecule has 124 valence electrons. The van der Waals surface area contributed by atoms with Gasteiger partial charge in [0, 0.05) is 24.6 Å².